The highest BCUT2D eigenvalue weighted by Crippen LogP contribution is 2.08. The van der Waals surface area contributed by atoms with Gasteiger partial charge in [-0.25, -0.2) is 9.59 Å². The third kappa shape index (κ3) is 13.2. The summed E-state index contributed by atoms with van der Waals surface area (Å²) >= 11 is 0. The summed E-state index contributed by atoms with van der Waals surface area (Å²) < 4.78 is 10.4. The molecule has 0 bridgehead atoms. The van der Waals surface area contributed by atoms with Gasteiger partial charge in [0.15, 0.2) is 5.78 Å². The van der Waals surface area contributed by atoms with Gasteiger partial charge in [0.05, 0.1) is 6.04 Å². The Morgan fingerprint density at radius 2 is 1.11 bits per heavy atom. The summed E-state index contributed by atoms with van der Waals surface area (Å²) in [7, 11) is 0. The molecule has 0 aromatic heterocycles. The Hall–Kier alpha value is -5.19. The second kappa shape index (κ2) is 19.3. The number of ether oxygens (including phenoxy) is 2. The molecule has 0 aliphatic carbocycles. The maximum atomic E-state index is 13.4. The number of carbonyl (C=O) groups is 5. The quantitative estimate of drug-likeness (QED) is 0.163. The fourth-order valence-electron chi connectivity index (χ4n) is 4.45. The van der Waals surface area contributed by atoms with E-state index in [0.29, 0.717) is 25.8 Å². The molecule has 244 valence electrons. The van der Waals surface area contributed by atoms with Crippen LogP contribution in [0.25, 0.3) is 0 Å². The normalized spacial score (nSPS) is 12.5. The van der Waals surface area contributed by atoms with E-state index in [-0.39, 0.29) is 25.4 Å². The Morgan fingerprint density at radius 1 is 0.609 bits per heavy atom. The molecule has 4 amide bonds. The first-order valence-electron chi connectivity index (χ1n) is 15.3. The molecule has 0 spiro atoms. The van der Waals surface area contributed by atoms with Crippen molar-refractivity contribution < 1.29 is 33.4 Å². The van der Waals surface area contributed by atoms with Crippen LogP contribution < -0.4 is 21.3 Å². The van der Waals surface area contributed by atoms with Crippen LogP contribution >= 0.6 is 0 Å². The smallest absolute Gasteiger partial charge is 0.408 e. The van der Waals surface area contributed by atoms with Gasteiger partial charge in [0, 0.05) is 13.0 Å². The molecule has 3 aromatic rings. The standard InChI is InChI=1S/C35H42N4O7/c1-25(37-35(44)46-24-29-18-10-5-11-19-29)32(41)39-31(22-27-14-6-3-7-15-27)33(42)38-30(26(2)40)20-12-13-21-36-34(43)45-23-28-16-8-4-9-17-28/h3-11,14-19,25,30-31H,12-13,20-24H2,1-2H3,(H,36,43)(H,37,44)(H,38,42)(H,39,41)/t25-,30?,31+/m1/s1. The van der Waals surface area contributed by atoms with Gasteiger partial charge in [0.1, 0.15) is 25.3 Å². The van der Waals surface area contributed by atoms with Gasteiger partial charge < -0.3 is 30.7 Å². The summed E-state index contributed by atoms with van der Waals surface area (Å²) in [4.78, 5) is 63.1. The highest BCUT2D eigenvalue weighted by molar-refractivity contribution is 5.93. The fraction of sp³-hybridized carbons (Fsp3) is 0.343. The Bertz CT molecular complexity index is 1400. The number of nitrogens with one attached hydrogen (secondary N) is 4. The van der Waals surface area contributed by atoms with E-state index < -0.39 is 42.1 Å². The van der Waals surface area contributed by atoms with Gasteiger partial charge in [-0.3, -0.25) is 14.4 Å². The lowest BCUT2D eigenvalue weighted by molar-refractivity contribution is -0.131. The molecule has 0 saturated heterocycles. The van der Waals surface area contributed by atoms with Crippen LogP contribution in [-0.4, -0.2) is 54.5 Å². The molecular weight excluding hydrogens is 588 g/mol. The van der Waals surface area contributed by atoms with Gasteiger partial charge in [-0.05, 0) is 49.8 Å². The molecule has 3 atom stereocenters. The number of hydrogen-bond acceptors (Lipinski definition) is 7. The molecule has 0 aliphatic rings. The maximum Gasteiger partial charge on any atom is 0.408 e. The Kier molecular flexibility index (Phi) is 14.8. The first kappa shape index (κ1) is 35.3. The molecule has 11 heteroatoms. The first-order chi connectivity index (χ1) is 22.2. The minimum absolute atomic E-state index is 0.0426. The fourth-order valence-corrected chi connectivity index (χ4v) is 4.45. The summed E-state index contributed by atoms with van der Waals surface area (Å²) in [6, 6.07) is 24.8. The lowest BCUT2D eigenvalue weighted by Gasteiger charge is -2.24. The zero-order chi connectivity index (χ0) is 33.1. The summed E-state index contributed by atoms with van der Waals surface area (Å²) in [5.41, 5.74) is 2.48. The molecule has 3 aromatic carbocycles. The van der Waals surface area contributed by atoms with Crippen molar-refractivity contribution in [1.82, 2.24) is 21.3 Å². The van der Waals surface area contributed by atoms with E-state index in [1.165, 1.54) is 13.8 Å². The first-order valence-corrected chi connectivity index (χ1v) is 15.3. The zero-order valence-corrected chi connectivity index (χ0v) is 26.2. The molecule has 0 heterocycles. The molecule has 0 saturated carbocycles. The molecule has 0 radical (unpaired) electrons. The summed E-state index contributed by atoms with van der Waals surface area (Å²) in [5, 5.41) is 10.6. The van der Waals surface area contributed by atoms with Gasteiger partial charge in [-0.15, -0.1) is 0 Å². The van der Waals surface area contributed by atoms with Gasteiger partial charge >= 0.3 is 12.2 Å². The number of ketones is 1. The van der Waals surface area contributed by atoms with E-state index in [2.05, 4.69) is 21.3 Å². The Labute approximate surface area is 269 Å². The predicted octanol–water partition coefficient (Wildman–Crippen LogP) is 4.20. The topological polar surface area (TPSA) is 152 Å². The molecule has 1 unspecified atom stereocenters. The Balaban J connectivity index is 1.49. The highest BCUT2D eigenvalue weighted by Gasteiger charge is 2.27. The van der Waals surface area contributed by atoms with Crippen LogP contribution in [0.5, 0.6) is 0 Å². The average molecular weight is 631 g/mol. The number of Topliss-reactive ketones (excluding diaryl/α,β-unsaturated/α-hetero) is 1. The van der Waals surface area contributed by atoms with Gasteiger partial charge in [0.2, 0.25) is 11.8 Å². The van der Waals surface area contributed by atoms with Gasteiger partial charge in [-0.2, -0.15) is 0 Å². The van der Waals surface area contributed by atoms with Crippen LogP contribution in [0.2, 0.25) is 0 Å². The monoisotopic (exact) mass is 630 g/mol. The van der Waals surface area contributed by atoms with Gasteiger partial charge in [0.25, 0.3) is 0 Å². The van der Waals surface area contributed by atoms with Crippen LogP contribution in [0.3, 0.4) is 0 Å². The molecule has 0 aliphatic heterocycles. The summed E-state index contributed by atoms with van der Waals surface area (Å²) in [6.45, 7) is 3.43. The zero-order valence-electron chi connectivity index (χ0n) is 26.2. The summed E-state index contributed by atoms with van der Waals surface area (Å²) in [6.07, 6.45) is 0.320. The minimum atomic E-state index is -1.01. The number of carbonyl (C=O) groups excluding carboxylic acids is 5. The molecular formula is C35H42N4O7. The van der Waals surface area contributed by atoms with E-state index >= 15 is 0 Å². The van der Waals surface area contributed by atoms with Crippen molar-refractivity contribution in [2.75, 3.05) is 6.54 Å². The number of amides is 4. The molecule has 11 nitrogen and oxygen atoms in total. The minimum Gasteiger partial charge on any atom is -0.445 e. The van der Waals surface area contributed by atoms with E-state index in [4.69, 9.17) is 9.47 Å². The second-order valence-corrected chi connectivity index (χ2v) is 10.8. The maximum absolute atomic E-state index is 13.4. The van der Waals surface area contributed by atoms with Crippen LogP contribution in [0.1, 0.15) is 49.8 Å². The van der Waals surface area contributed by atoms with Crippen LogP contribution in [0.4, 0.5) is 9.59 Å². The van der Waals surface area contributed by atoms with Crippen molar-refractivity contribution >= 4 is 29.8 Å². The third-order valence-corrected chi connectivity index (χ3v) is 7.06. The lowest BCUT2D eigenvalue weighted by atomic mass is 10.0. The molecule has 0 fully saturated rings. The van der Waals surface area contributed by atoms with Crippen molar-refractivity contribution in [3.8, 4) is 0 Å². The molecule has 4 N–H and O–H groups in total. The van der Waals surface area contributed by atoms with Crippen molar-refractivity contribution in [2.24, 2.45) is 0 Å². The lowest BCUT2D eigenvalue weighted by Crippen LogP contribution is -2.55. The van der Waals surface area contributed by atoms with Crippen LogP contribution in [-0.2, 0) is 43.5 Å². The van der Waals surface area contributed by atoms with Crippen LogP contribution in [0.15, 0.2) is 91.0 Å². The molecule has 46 heavy (non-hydrogen) atoms. The van der Waals surface area contributed by atoms with E-state index in [0.717, 1.165) is 16.7 Å². The highest BCUT2D eigenvalue weighted by atomic mass is 16.6. The number of hydrogen-bond donors (Lipinski definition) is 4. The van der Waals surface area contributed by atoms with Crippen LogP contribution in [0, 0.1) is 0 Å². The number of rotatable bonds is 17. The number of alkyl carbamates (subject to hydrolysis) is 2. The average Bonchev–Trinajstić information content (AvgIpc) is 3.06. The number of unbranched alkanes of at least 4 members (excludes halogenated alkanes) is 1. The van der Waals surface area contributed by atoms with E-state index in [1.54, 1.807) is 0 Å². The third-order valence-electron chi connectivity index (χ3n) is 7.06. The Morgan fingerprint density at radius 3 is 1.65 bits per heavy atom. The SMILES string of the molecule is CC(=O)C(CCCCNC(=O)OCc1ccccc1)NC(=O)[C@H](Cc1ccccc1)NC(=O)[C@@H](C)NC(=O)OCc1ccccc1. The van der Waals surface area contributed by atoms with Crippen molar-refractivity contribution in [3.05, 3.63) is 108 Å². The van der Waals surface area contributed by atoms with E-state index in [1.807, 2.05) is 91.0 Å². The van der Waals surface area contributed by atoms with E-state index in [9.17, 15) is 24.0 Å². The predicted molar refractivity (Wildman–Crippen MR) is 172 cm³/mol. The summed E-state index contributed by atoms with van der Waals surface area (Å²) in [5.74, 6) is -1.35. The van der Waals surface area contributed by atoms with Crippen molar-refractivity contribution in [3.63, 3.8) is 0 Å². The van der Waals surface area contributed by atoms with Gasteiger partial charge in [-0.1, -0.05) is 91.0 Å². The molecule has 3 rings (SSSR count). The van der Waals surface area contributed by atoms with Crippen molar-refractivity contribution in [2.45, 2.75) is 70.9 Å². The second-order valence-electron chi connectivity index (χ2n) is 10.8. The van der Waals surface area contributed by atoms with Crippen molar-refractivity contribution in [1.29, 1.82) is 0 Å². The largest absolute Gasteiger partial charge is 0.445 e. The number of benzene rings is 3.